The van der Waals surface area contributed by atoms with Crippen molar-refractivity contribution < 1.29 is 9.59 Å². The van der Waals surface area contributed by atoms with Gasteiger partial charge in [-0.15, -0.1) is 0 Å². The molecule has 1 fully saturated rings. The summed E-state index contributed by atoms with van der Waals surface area (Å²) in [5.41, 5.74) is 0.698. The van der Waals surface area contributed by atoms with Crippen molar-refractivity contribution >= 4 is 23.3 Å². The number of carbonyl (C=O) groups excluding carboxylic acids is 2. The molecule has 1 saturated heterocycles. The first-order valence-corrected chi connectivity index (χ1v) is 8.28. The van der Waals surface area contributed by atoms with Crippen molar-refractivity contribution in [3.63, 3.8) is 0 Å². The fourth-order valence-electron chi connectivity index (χ4n) is 2.68. The number of rotatable bonds is 5. The van der Waals surface area contributed by atoms with E-state index in [9.17, 15) is 9.59 Å². The zero-order valence-electron chi connectivity index (χ0n) is 14.1. The molecule has 23 heavy (non-hydrogen) atoms. The monoisotopic (exact) mass is 318 g/mol. The highest BCUT2D eigenvalue weighted by Crippen LogP contribution is 2.23. The number of hydrogen-bond acceptors (Lipinski definition) is 4. The minimum Gasteiger partial charge on any atom is -0.357 e. The average molecular weight is 318 g/mol. The third kappa shape index (κ3) is 4.94. The fraction of sp³-hybridized carbons (Fsp3) is 0.588. The van der Waals surface area contributed by atoms with Crippen LogP contribution >= 0.6 is 0 Å². The summed E-state index contributed by atoms with van der Waals surface area (Å²) in [7, 11) is 0. The van der Waals surface area contributed by atoms with Crippen LogP contribution in [0.1, 0.15) is 40.0 Å². The van der Waals surface area contributed by atoms with Gasteiger partial charge < -0.3 is 15.5 Å². The predicted molar refractivity (Wildman–Crippen MR) is 91.4 cm³/mol. The number of piperidine rings is 1. The molecule has 2 amide bonds. The molecule has 1 aliphatic rings. The zero-order chi connectivity index (χ0) is 16.8. The Hall–Kier alpha value is -2.11. The molecule has 0 radical (unpaired) electrons. The molecule has 1 aromatic heterocycles. The Kier molecular flexibility index (Phi) is 5.96. The van der Waals surface area contributed by atoms with E-state index < -0.39 is 0 Å². The van der Waals surface area contributed by atoms with Crippen LogP contribution in [0.2, 0.25) is 0 Å². The summed E-state index contributed by atoms with van der Waals surface area (Å²) in [5, 5.41) is 5.77. The molecule has 1 aromatic rings. The van der Waals surface area contributed by atoms with Crippen molar-refractivity contribution in [2.45, 2.75) is 46.1 Å². The first-order chi connectivity index (χ1) is 11.0. The molecule has 2 N–H and O–H groups in total. The van der Waals surface area contributed by atoms with Gasteiger partial charge >= 0.3 is 0 Å². The highest BCUT2D eigenvalue weighted by molar-refractivity contribution is 5.88. The van der Waals surface area contributed by atoms with Gasteiger partial charge in [-0.2, -0.15) is 0 Å². The van der Waals surface area contributed by atoms with Gasteiger partial charge in [0.1, 0.15) is 5.82 Å². The summed E-state index contributed by atoms with van der Waals surface area (Å²) in [6.45, 7) is 7.23. The lowest BCUT2D eigenvalue weighted by molar-refractivity contribution is -0.126. The lowest BCUT2D eigenvalue weighted by Crippen LogP contribution is -2.43. The molecule has 2 rings (SSSR count). The molecular formula is C17H26N4O2. The Balaban J connectivity index is 1.86. The fourth-order valence-corrected chi connectivity index (χ4v) is 2.68. The van der Waals surface area contributed by atoms with Crippen LogP contribution in [-0.2, 0) is 9.59 Å². The lowest BCUT2D eigenvalue weighted by Gasteiger charge is -2.32. The first kappa shape index (κ1) is 17.2. The maximum absolute atomic E-state index is 12.2. The number of aromatic nitrogens is 1. The summed E-state index contributed by atoms with van der Waals surface area (Å²) in [6.07, 6.45) is 4.31. The molecule has 6 nitrogen and oxygen atoms in total. The Bertz CT molecular complexity index is 536. The summed E-state index contributed by atoms with van der Waals surface area (Å²) in [5.74, 6) is 1.06. The molecule has 1 aliphatic heterocycles. The van der Waals surface area contributed by atoms with Gasteiger partial charge in [-0.05, 0) is 38.3 Å². The number of carbonyl (C=O) groups is 2. The number of hydrogen-bond donors (Lipinski definition) is 2. The topological polar surface area (TPSA) is 74.3 Å². The minimum absolute atomic E-state index is 0.0962. The van der Waals surface area contributed by atoms with Gasteiger partial charge in [-0.1, -0.05) is 6.92 Å². The number of nitrogens with one attached hydrogen (secondary N) is 2. The predicted octanol–water partition coefficient (Wildman–Crippen LogP) is 2.17. The Morgan fingerprint density at radius 3 is 2.57 bits per heavy atom. The molecule has 1 unspecified atom stereocenters. The van der Waals surface area contributed by atoms with E-state index in [1.807, 2.05) is 19.1 Å². The lowest BCUT2D eigenvalue weighted by atomic mass is 9.95. The summed E-state index contributed by atoms with van der Waals surface area (Å²) in [4.78, 5) is 29.8. The van der Waals surface area contributed by atoms with Gasteiger partial charge in [0.05, 0.1) is 11.9 Å². The third-order valence-corrected chi connectivity index (χ3v) is 4.26. The van der Waals surface area contributed by atoms with E-state index in [0.717, 1.165) is 38.2 Å². The summed E-state index contributed by atoms with van der Waals surface area (Å²) < 4.78 is 0. The van der Waals surface area contributed by atoms with Crippen LogP contribution in [0.4, 0.5) is 11.5 Å². The second-order valence-corrected chi connectivity index (χ2v) is 6.17. The average Bonchev–Trinajstić information content (AvgIpc) is 2.55. The Labute approximate surface area is 137 Å². The number of pyridine rings is 1. The first-order valence-electron chi connectivity index (χ1n) is 8.28. The largest absolute Gasteiger partial charge is 0.357 e. The van der Waals surface area contributed by atoms with Crippen molar-refractivity contribution in [1.29, 1.82) is 0 Å². The van der Waals surface area contributed by atoms with E-state index in [1.165, 1.54) is 6.92 Å². The van der Waals surface area contributed by atoms with Crippen molar-refractivity contribution in [2.24, 2.45) is 5.92 Å². The quantitative estimate of drug-likeness (QED) is 0.872. The highest BCUT2D eigenvalue weighted by Gasteiger charge is 2.26. The summed E-state index contributed by atoms with van der Waals surface area (Å²) >= 11 is 0. The molecular weight excluding hydrogens is 292 g/mol. The van der Waals surface area contributed by atoms with E-state index >= 15 is 0 Å². The van der Waals surface area contributed by atoms with Crippen LogP contribution < -0.4 is 15.5 Å². The standard InChI is InChI=1S/C17H26N4O2/c1-4-12(2)19-17(23)14-7-9-21(10-8-14)16-6-5-15(11-18-16)20-13(3)22/h5-6,11-12,14H,4,7-10H2,1-3H3,(H,19,23)(H,20,22). The molecule has 0 saturated carbocycles. The van der Waals surface area contributed by atoms with Gasteiger partial charge in [0.2, 0.25) is 11.8 Å². The van der Waals surface area contributed by atoms with E-state index in [4.69, 9.17) is 0 Å². The van der Waals surface area contributed by atoms with E-state index in [-0.39, 0.29) is 23.8 Å². The van der Waals surface area contributed by atoms with Crippen LogP contribution in [-0.4, -0.2) is 35.9 Å². The highest BCUT2D eigenvalue weighted by atomic mass is 16.2. The van der Waals surface area contributed by atoms with Gasteiger partial charge in [0.25, 0.3) is 0 Å². The SMILES string of the molecule is CCC(C)NC(=O)C1CCN(c2ccc(NC(C)=O)cn2)CC1. The molecule has 0 aromatic carbocycles. The van der Waals surface area contributed by atoms with Crippen molar-refractivity contribution in [1.82, 2.24) is 10.3 Å². The molecule has 2 heterocycles. The van der Waals surface area contributed by atoms with Crippen LogP contribution in [0.3, 0.4) is 0 Å². The van der Waals surface area contributed by atoms with E-state index in [1.54, 1.807) is 6.20 Å². The van der Waals surface area contributed by atoms with Crippen LogP contribution in [0.25, 0.3) is 0 Å². The normalized spacial score (nSPS) is 16.7. The molecule has 6 heteroatoms. The maximum atomic E-state index is 12.2. The summed E-state index contributed by atoms with van der Waals surface area (Å²) in [6, 6.07) is 4.00. The van der Waals surface area contributed by atoms with E-state index in [2.05, 4.69) is 27.4 Å². The van der Waals surface area contributed by atoms with Crippen molar-refractivity contribution in [2.75, 3.05) is 23.3 Å². The van der Waals surface area contributed by atoms with Gasteiger partial charge in [-0.25, -0.2) is 4.98 Å². The molecule has 0 spiro atoms. The third-order valence-electron chi connectivity index (χ3n) is 4.26. The Morgan fingerprint density at radius 2 is 2.04 bits per heavy atom. The van der Waals surface area contributed by atoms with Crippen LogP contribution in [0, 0.1) is 5.92 Å². The van der Waals surface area contributed by atoms with Crippen molar-refractivity contribution in [3.8, 4) is 0 Å². The Morgan fingerprint density at radius 1 is 1.35 bits per heavy atom. The zero-order valence-corrected chi connectivity index (χ0v) is 14.1. The van der Waals surface area contributed by atoms with Gasteiger partial charge in [0, 0.05) is 32.0 Å². The molecule has 0 bridgehead atoms. The van der Waals surface area contributed by atoms with E-state index in [0.29, 0.717) is 5.69 Å². The van der Waals surface area contributed by atoms with Gasteiger partial charge in [0.15, 0.2) is 0 Å². The molecule has 126 valence electrons. The smallest absolute Gasteiger partial charge is 0.223 e. The van der Waals surface area contributed by atoms with Crippen LogP contribution in [0.15, 0.2) is 18.3 Å². The number of amides is 2. The second kappa shape index (κ2) is 7.94. The maximum Gasteiger partial charge on any atom is 0.223 e. The molecule has 0 aliphatic carbocycles. The number of anilines is 2. The second-order valence-electron chi connectivity index (χ2n) is 6.17. The molecule has 1 atom stereocenters. The minimum atomic E-state index is -0.104. The van der Waals surface area contributed by atoms with Crippen molar-refractivity contribution in [3.05, 3.63) is 18.3 Å². The van der Waals surface area contributed by atoms with Crippen LogP contribution in [0.5, 0.6) is 0 Å². The van der Waals surface area contributed by atoms with Gasteiger partial charge in [-0.3, -0.25) is 9.59 Å². The number of nitrogens with zero attached hydrogens (tertiary/aromatic N) is 2.